The third kappa shape index (κ3) is 5.90. The average molecular weight is 557 g/mol. The van der Waals surface area contributed by atoms with E-state index in [4.69, 9.17) is 4.98 Å². The molecule has 7 nitrogen and oxygen atoms in total. The molecule has 0 unspecified atom stereocenters. The quantitative estimate of drug-likeness (QED) is 0.225. The Morgan fingerprint density at radius 3 is 2.31 bits per heavy atom. The summed E-state index contributed by atoms with van der Waals surface area (Å²) in [5.74, 6) is -0.268. The van der Waals surface area contributed by atoms with Gasteiger partial charge in [-0.3, -0.25) is 14.7 Å². The lowest BCUT2D eigenvalue weighted by Gasteiger charge is -2.21. The monoisotopic (exact) mass is 556 g/mol. The number of hydrogen-bond acceptors (Lipinski definition) is 6. The van der Waals surface area contributed by atoms with Gasteiger partial charge >= 0.3 is 0 Å². The topological polar surface area (TPSA) is 83.5 Å². The molecule has 0 radical (unpaired) electrons. The molecule has 39 heavy (non-hydrogen) atoms. The second-order valence-electron chi connectivity index (χ2n) is 9.18. The number of hydrogen-bond donors (Lipinski definition) is 0. The van der Waals surface area contributed by atoms with Gasteiger partial charge in [-0.25, -0.2) is 13.4 Å². The zero-order chi connectivity index (χ0) is 27.4. The standard InChI is InChI=1S/C30H28N4O3S2/c1-3-22-11-16-27-28(18-22)38-30(32-27)34(21-24-10-7-17-31-19-24)29(35)25-12-14-26(15-13-25)39(36,37)33(2)20-23-8-5-4-6-9-23/h4-19H,3,20-21H2,1-2H3. The van der Waals surface area contributed by atoms with Crippen LogP contribution in [0.2, 0.25) is 0 Å². The number of carbonyl (C=O) groups excluding carboxylic acids is 1. The van der Waals surface area contributed by atoms with E-state index in [2.05, 4.69) is 18.0 Å². The fraction of sp³-hybridized carbons (Fsp3) is 0.167. The van der Waals surface area contributed by atoms with E-state index in [-0.39, 0.29) is 23.9 Å². The number of aryl methyl sites for hydroxylation is 1. The maximum Gasteiger partial charge on any atom is 0.260 e. The van der Waals surface area contributed by atoms with E-state index < -0.39 is 10.0 Å². The first-order valence-corrected chi connectivity index (χ1v) is 14.8. The molecule has 0 fully saturated rings. The lowest BCUT2D eigenvalue weighted by Crippen LogP contribution is -2.30. The van der Waals surface area contributed by atoms with Crippen molar-refractivity contribution < 1.29 is 13.2 Å². The van der Waals surface area contributed by atoms with Crippen LogP contribution in [0.1, 0.15) is 34.0 Å². The number of rotatable bonds is 9. The second-order valence-corrected chi connectivity index (χ2v) is 12.2. The minimum atomic E-state index is -3.73. The van der Waals surface area contributed by atoms with Crippen LogP contribution < -0.4 is 4.90 Å². The Bertz CT molecular complexity index is 1690. The molecule has 0 aliphatic rings. The highest BCUT2D eigenvalue weighted by Gasteiger charge is 2.25. The molecule has 1 amide bonds. The first-order valence-electron chi connectivity index (χ1n) is 12.6. The van der Waals surface area contributed by atoms with Crippen molar-refractivity contribution in [3.8, 4) is 0 Å². The summed E-state index contributed by atoms with van der Waals surface area (Å²) < 4.78 is 28.7. The summed E-state index contributed by atoms with van der Waals surface area (Å²) in [6.07, 6.45) is 4.33. The van der Waals surface area contributed by atoms with E-state index in [9.17, 15) is 13.2 Å². The van der Waals surface area contributed by atoms with Crippen LogP contribution in [0.3, 0.4) is 0 Å². The normalized spacial score (nSPS) is 11.7. The summed E-state index contributed by atoms with van der Waals surface area (Å²) in [6, 6.07) is 25.4. The van der Waals surface area contributed by atoms with Gasteiger partial charge in [-0.1, -0.05) is 60.7 Å². The highest BCUT2D eigenvalue weighted by molar-refractivity contribution is 7.89. The Kier molecular flexibility index (Phi) is 7.83. The first kappa shape index (κ1) is 26.7. The fourth-order valence-corrected chi connectivity index (χ4v) is 6.41. The van der Waals surface area contributed by atoms with E-state index in [1.54, 1.807) is 36.5 Å². The van der Waals surface area contributed by atoms with Crippen molar-refractivity contribution in [2.75, 3.05) is 11.9 Å². The van der Waals surface area contributed by atoms with Gasteiger partial charge in [0, 0.05) is 31.5 Å². The zero-order valence-electron chi connectivity index (χ0n) is 21.7. The van der Waals surface area contributed by atoms with Crippen molar-refractivity contribution in [1.29, 1.82) is 0 Å². The van der Waals surface area contributed by atoms with Crippen molar-refractivity contribution >= 4 is 42.6 Å². The molecular weight excluding hydrogens is 528 g/mol. The predicted octanol–water partition coefficient (Wildman–Crippen LogP) is 5.92. The summed E-state index contributed by atoms with van der Waals surface area (Å²) in [6.45, 7) is 2.64. The van der Waals surface area contributed by atoms with Crippen molar-refractivity contribution in [2.24, 2.45) is 0 Å². The Labute approximate surface area is 232 Å². The van der Waals surface area contributed by atoms with Gasteiger partial charge in [-0.2, -0.15) is 4.31 Å². The minimum Gasteiger partial charge on any atom is -0.279 e. The maximum absolute atomic E-state index is 13.8. The Morgan fingerprint density at radius 2 is 1.62 bits per heavy atom. The Morgan fingerprint density at radius 1 is 0.872 bits per heavy atom. The molecule has 3 aromatic carbocycles. The molecule has 5 rings (SSSR count). The number of fused-ring (bicyclic) bond motifs is 1. The number of pyridine rings is 1. The summed E-state index contributed by atoms with van der Waals surface area (Å²) in [5, 5.41) is 0.575. The Balaban J connectivity index is 1.43. The summed E-state index contributed by atoms with van der Waals surface area (Å²) in [5.41, 5.74) is 4.16. The van der Waals surface area contributed by atoms with Gasteiger partial charge < -0.3 is 0 Å². The van der Waals surface area contributed by atoms with Gasteiger partial charge in [0.1, 0.15) is 0 Å². The Hall–Kier alpha value is -3.92. The van der Waals surface area contributed by atoms with Gasteiger partial charge in [-0.15, -0.1) is 0 Å². The molecule has 198 valence electrons. The lowest BCUT2D eigenvalue weighted by molar-refractivity contribution is 0.0985. The average Bonchev–Trinajstić information content (AvgIpc) is 3.39. The molecule has 0 aliphatic heterocycles. The molecule has 0 saturated heterocycles. The van der Waals surface area contributed by atoms with Gasteiger partial charge in [0.2, 0.25) is 10.0 Å². The molecule has 0 bridgehead atoms. The van der Waals surface area contributed by atoms with Crippen LogP contribution in [0.4, 0.5) is 5.13 Å². The number of carbonyl (C=O) groups is 1. The molecule has 2 aromatic heterocycles. The van der Waals surface area contributed by atoms with E-state index in [0.29, 0.717) is 10.7 Å². The third-order valence-electron chi connectivity index (χ3n) is 6.45. The lowest BCUT2D eigenvalue weighted by atomic mass is 10.2. The van der Waals surface area contributed by atoms with E-state index in [1.165, 1.54) is 33.3 Å². The van der Waals surface area contributed by atoms with Crippen LogP contribution in [0.15, 0.2) is 102 Å². The summed E-state index contributed by atoms with van der Waals surface area (Å²) in [7, 11) is -2.18. The molecule has 0 atom stereocenters. The molecule has 0 spiro atoms. The number of sulfonamides is 1. The minimum absolute atomic E-state index is 0.128. The third-order valence-corrected chi connectivity index (χ3v) is 9.31. The molecule has 2 heterocycles. The summed E-state index contributed by atoms with van der Waals surface area (Å²) in [4.78, 5) is 24.5. The molecule has 9 heteroatoms. The molecule has 5 aromatic rings. The van der Waals surface area contributed by atoms with Crippen LogP contribution in [0.25, 0.3) is 10.2 Å². The number of aromatic nitrogens is 2. The summed E-state index contributed by atoms with van der Waals surface area (Å²) >= 11 is 1.46. The number of anilines is 1. The maximum atomic E-state index is 13.8. The van der Waals surface area contributed by atoms with Gasteiger partial charge in [0.25, 0.3) is 5.91 Å². The van der Waals surface area contributed by atoms with Crippen LogP contribution in [0, 0.1) is 0 Å². The van der Waals surface area contributed by atoms with Gasteiger partial charge in [-0.05, 0) is 65.6 Å². The second kappa shape index (κ2) is 11.4. The van der Waals surface area contributed by atoms with Gasteiger partial charge in [0.05, 0.1) is 21.7 Å². The van der Waals surface area contributed by atoms with Crippen molar-refractivity contribution in [1.82, 2.24) is 14.3 Å². The van der Waals surface area contributed by atoms with E-state index in [1.807, 2.05) is 54.6 Å². The van der Waals surface area contributed by atoms with Crippen LogP contribution >= 0.6 is 11.3 Å². The molecule has 0 aliphatic carbocycles. The van der Waals surface area contributed by atoms with Crippen molar-refractivity contribution in [2.45, 2.75) is 31.3 Å². The smallest absolute Gasteiger partial charge is 0.260 e. The van der Waals surface area contributed by atoms with Crippen LogP contribution in [-0.2, 0) is 29.5 Å². The number of amides is 1. The van der Waals surface area contributed by atoms with Crippen molar-refractivity contribution in [3.05, 3.63) is 120 Å². The number of thiazole rings is 1. The van der Waals surface area contributed by atoms with Crippen molar-refractivity contribution in [3.63, 3.8) is 0 Å². The van der Waals surface area contributed by atoms with Crippen LogP contribution in [-0.4, -0.2) is 35.6 Å². The predicted molar refractivity (Wildman–Crippen MR) is 155 cm³/mol. The van der Waals surface area contributed by atoms with Gasteiger partial charge in [0.15, 0.2) is 5.13 Å². The van der Waals surface area contributed by atoms with E-state index in [0.717, 1.165) is 27.8 Å². The molecule has 0 N–H and O–H groups in total. The first-order chi connectivity index (χ1) is 18.8. The number of benzene rings is 3. The highest BCUT2D eigenvalue weighted by atomic mass is 32.2. The van der Waals surface area contributed by atoms with E-state index >= 15 is 0 Å². The fourth-order valence-electron chi connectivity index (χ4n) is 4.22. The van der Waals surface area contributed by atoms with Crippen LogP contribution in [0.5, 0.6) is 0 Å². The SMILES string of the molecule is CCc1ccc2nc(N(Cc3cccnc3)C(=O)c3ccc(S(=O)(=O)N(C)Cc4ccccc4)cc3)sc2c1. The number of nitrogens with zero attached hydrogens (tertiary/aromatic N) is 4. The zero-order valence-corrected chi connectivity index (χ0v) is 23.3. The molecular formula is C30H28N4O3S2. The highest BCUT2D eigenvalue weighted by Crippen LogP contribution is 2.32. The molecule has 0 saturated carbocycles. The largest absolute Gasteiger partial charge is 0.279 e.